The molecule has 2 aliphatic rings. The lowest BCUT2D eigenvalue weighted by molar-refractivity contribution is 0.698. The Balaban J connectivity index is 1.47. The Morgan fingerprint density at radius 3 is 2.66 bits per heavy atom. The van der Waals surface area contributed by atoms with E-state index in [1.54, 1.807) is 0 Å². The molecule has 3 aromatic rings. The number of hydrogen-bond donors (Lipinski definition) is 1. The summed E-state index contributed by atoms with van der Waals surface area (Å²) in [5.74, 6) is 1.79. The molecule has 3 aromatic heterocycles. The maximum Gasteiger partial charge on any atom is 0.225 e. The average Bonchev–Trinajstić information content (AvgIpc) is 3.45. The normalized spacial score (nSPS) is 16.1. The van der Waals surface area contributed by atoms with Gasteiger partial charge in [0.2, 0.25) is 5.95 Å². The summed E-state index contributed by atoms with van der Waals surface area (Å²) in [4.78, 5) is 16.7. The Kier molecular flexibility index (Phi) is 4.26. The smallest absolute Gasteiger partial charge is 0.225 e. The van der Waals surface area contributed by atoms with Gasteiger partial charge < -0.3 is 10.2 Å². The van der Waals surface area contributed by atoms with E-state index in [9.17, 15) is 0 Å². The van der Waals surface area contributed by atoms with Gasteiger partial charge in [-0.05, 0) is 45.2 Å². The van der Waals surface area contributed by atoms with Crippen molar-refractivity contribution in [2.45, 2.75) is 52.6 Å². The number of hydrogen-bond acceptors (Lipinski definition) is 6. The minimum atomic E-state index is 0.543. The number of nitrogens with zero attached hydrogens (tertiary/aromatic N) is 6. The van der Waals surface area contributed by atoms with Crippen molar-refractivity contribution in [1.82, 2.24) is 24.7 Å². The zero-order valence-corrected chi connectivity index (χ0v) is 17.5. The van der Waals surface area contributed by atoms with Gasteiger partial charge in [0.25, 0.3) is 0 Å². The number of anilines is 2. The predicted molar refractivity (Wildman–Crippen MR) is 114 cm³/mol. The highest BCUT2D eigenvalue weighted by molar-refractivity contribution is 5.66. The molecule has 0 bridgehead atoms. The monoisotopic (exact) mass is 389 g/mol. The lowest BCUT2D eigenvalue weighted by Crippen LogP contribution is -2.32. The van der Waals surface area contributed by atoms with E-state index in [1.165, 1.54) is 24.1 Å². The molecule has 5 rings (SSSR count). The van der Waals surface area contributed by atoms with E-state index >= 15 is 0 Å². The Hall–Kier alpha value is -2.96. The second-order valence-corrected chi connectivity index (χ2v) is 8.30. The molecule has 4 heterocycles. The van der Waals surface area contributed by atoms with Gasteiger partial charge in [-0.15, -0.1) is 0 Å². The van der Waals surface area contributed by atoms with Crippen molar-refractivity contribution in [3.05, 3.63) is 46.7 Å². The van der Waals surface area contributed by atoms with Crippen LogP contribution in [0, 0.1) is 20.8 Å². The minimum absolute atomic E-state index is 0.543. The molecule has 1 aliphatic carbocycles. The second kappa shape index (κ2) is 6.83. The molecule has 0 aromatic carbocycles. The lowest BCUT2D eigenvalue weighted by Gasteiger charge is -2.31. The van der Waals surface area contributed by atoms with Gasteiger partial charge in [0.05, 0.1) is 5.69 Å². The van der Waals surface area contributed by atoms with E-state index in [-0.39, 0.29) is 0 Å². The van der Waals surface area contributed by atoms with Gasteiger partial charge in [0, 0.05) is 73.1 Å². The highest BCUT2D eigenvalue weighted by Gasteiger charge is 2.25. The van der Waals surface area contributed by atoms with Crippen molar-refractivity contribution in [1.29, 1.82) is 0 Å². The molecule has 1 fully saturated rings. The molecular weight excluding hydrogens is 362 g/mol. The van der Waals surface area contributed by atoms with Gasteiger partial charge in [-0.1, -0.05) is 0 Å². The molecular formula is C22H27N7. The molecule has 1 saturated carbocycles. The Morgan fingerprint density at radius 2 is 1.93 bits per heavy atom. The van der Waals surface area contributed by atoms with Crippen LogP contribution >= 0.6 is 0 Å². The third-order valence-corrected chi connectivity index (χ3v) is 5.94. The number of rotatable bonds is 4. The van der Waals surface area contributed by atoms with Crippen LogP contribution in [-0.2, 0) is 20.0 Å². The number of aryl methyl sites for hydroxylation is 3. The SMILES string of the molecule is Cc1nn(C)cc1-c1cnc2c(c1)CN(c1nc(NC3CC3)nc(C)c1C)CC2. The van der Waals surface area contributed by atoms with Gasteiger partial charge >= 0.3 is 0 Å². The highest BCUT2D eigenvalue weighted by atomic mass is 15.3. The van der Waals surface area contributed by atoms with Crippen molar-refractivity contribution in [2.24, 2.45) is 7.05 Å². The molecule has 0 amide bonds. The van der Waals surface area contributed by atoms with Crippen LogP contribution in [0.1, 0.15) is 41.1 Å². The van der Waals surface area contributed by atoms with Crippen LogP contribution in [-0.4, -0.2) is 37.3 Å². The van der Waals surface area contributed by atoms with E-state index in [1.807, 2.05) is 24.9 Å². The maximum atomic E-state index is 4.88. The Labute approximate surface area is 171 Å². The summed E-state index contributed by atoms with van der Waals surface area (Å²) in [7, 11) is 1.96. The number of aromatic nitrogens is 5. The first-order chi connectivity index (χ1) is 14.0. The standard InChI is InChI=1S/C22H27N7/c1-13-14(2)24-22(25-18-5-6-18)26-21(13)29-8-7-20-17(11-29)9-16(10-23-20)19-12-28(4)27-15(19)3/h9-10,12,18H,5-8,11H2,1-4H3,(H,24,25,26). The molecule has 29 heavy (non-hydrogen) atoms. The molecule has 150 valence electrons. The van der Waals surface area contributed by atoms with Crippen LogP contribution in [0.5, 0.6) is 0 Å². The molecule has 7 nitrogen and oxygen atoms in total. The number of fused-ring (bicyclic) bond motifs is 1. The van der Waals surface area contributed by atoms with E-state index < -0.39 is 0 Å². The topological polar surface area (TPSA) is 71.8 Å². The van der Waals surface area contributed by atoms with Gasteiger partial charge in [-0.25, -0.2) is 4.98 Å². The zero-order chi connectivity index (χ0) is 20.1. The molecule has 1 aliphatic heterocycles. The van der Waals surface area contributed by atoms with Crippen LogP contribution in [0.15, 0.2) is 18.5 Å². The fraction of sp³-hybridized carbons (Fsp3) is 0.455. The van der Waals surface area contributed by atoms with E-state index in [0.29, 0.717) is 6.04 Å². The van der Waals surface area contributed by atoms with Crippen molar-refractivity contribution in [3.8, 4) is 11.1 Å². The van der Waals surface area contributed by atoms with E-state index in [2.05, 4.69) is 46.4 Å². The Bertz CT molecular complexity index is 1080. The largest absolute Gasteiger partial charge is 0.351 e. The summed E-state index contributed by atoms with van der Waals surface area (Å²) in [6, 6.07) is 2.81. The highest BCUT2D eigenvalue weighted by Crippen LogP contribution is 2.31. The molecule has 1 N–H and O–H groups in total. The average molecular weight is 390 g/mol. The molecule has 7 heteroatoms. The summed E-state index contributed by atoms with van der Waals surface area (Å²) in [6.07, 6.45) is 7.40. The third kappa shape index (κ3) is 3.45. The van der Waals surface area contributed by atoms with Crippen molar-refractivity contribution in [2.75, 3.05) is 16.8 Å². The molecule has 0 spiro atoms. The summed E-state index contributed by atoms with van der Waals surface area (Å²) in [6.45, 7) is 7.97. The maximum absolute atomic E-state index is 4.88. The van der Waals surface area contributed by atoms with Crippen molar-refractivity contribution < 1.29 is 0 Å². The van der Waals surface area contributed by atoms with Crippen LogP contribution < -0.4 is 10.2 Å². The summed E-state index contributed by atoms with van der Waals surface area (Å²) in [5.41, 5.74) is 7.95. The second-order valence-electron chi connectivity index (χ2n) is 8.30. The minimum Gasteiger partial charge on any atom is -0.351 e. The van der Waals surface area contributed by atoms with Gasteiger partial charge in [0.15, 0.2) is 0 Å². The van der Waals surface area contributed by atoms with Crippen molar-refractivity contribution >= 4 is 11.8 Å². The molecule has 0 saturated heterocycles. The fourth-order valence-electron chi connectivity index (χ4n) is 4.03. The van der Waals surface area contributed by atoms with Crippen molar-refractivity contribution in [3.63, 3.8) is 0 Å². The van der Waals surface area contributed by atoms with E-state index in [4.69, 9.17) is 9.97 Å². The zero-order valence-electron chi connectivity index (χ0n) is 17.5. The Morgan fingerprint density at radius 1 is 1.10 bits per heavy atom. The first-order valence-electron chi connectivity index (χ1n) is 10.3. The molecule has 0 atom stereocenters. The van der Waals surface area contributed by atoms with E-state index in [0.717, 1.165) is 59.4 Å². The van der Waals surface area contributed by atoms with Crippen LogP contribution in [0.4, 0.5) is 11.8 Å². The van der Waals surface area contributed by atoms with Gasteiger partial charge in [-0.2, -0.15) is 10.1 Å². The summed E-state index contributed by atoms with van der Waals surface area (Å²) < 4.78 is 1.86. The lowest BCUT2D eigenvalue weighted by atomic mass is 10.0. The first-order valence-corrected chi connectivity index (χ1v) is 10.3. The molecule has 0 radical (unpaired) electrons. The van der Waals surface area contributed by atoms with Crippen LogP contribution in [0.2, 0.25) is 0 Å². The molecule has 0 unspecified atom stereocenters. The number of pyridine rings is 1. The third-order valence-electron chi connectivity index (χ3n) is 5.94. The van der Waals surface area contributed by atoms with Gasteiger partial charge in [0.1, 0.15) is 5.82 Å². The quantitative estimate of drug-likeness (QED) is 0.738. The summed E-state index contributed by atoms with van der Waals surface area (Å²) >= 11 is 0. The predicted octanol–water partition coefficient (Wildman–Crippen LogP) is 3.33. The van der Waals surface area contributed by atoms with Crippen LogP contribution in [0.3, 0.4) is 0 Å². The summed E-state index contributed by atoms with van der Waals surface area (Å²) in [5, 5.41) is 7.93. The first kappa shape index (κ1) is 18.1. The van der Waals surface area contributed by atoms with Gasteiger partial charge in [-0.3, -0.25) is 9.67 Å². The van der Waals surface area contributed by atoms with Crippen LogP contribution in [0.25, 0.3) is 11.1 Å². The number of nitrogens with one attached hydrogen (secondary N) is 1. The fourth-order valence-corrected chi connectivity index (χ4v) is 4.03.